The van der Waals surface area contributed by atoms with Gasteiger partial charge in [0.05, 0.1) is 6.61 Å². The zero-order chi connectivity index (χ0) is 12.3. The summed E-state index contributed by atoms with van der Waals surface area (Å²) in [6.45, 7) is 0.315. The van der Waals surface area contributed by atoms with Gasteiger partial charge in [-0.25, -0.2) is 4.79 Å². The zero-order valence-electron chi connectivity index (χ0n) is 8.97. The topological polar surface area (TPSA) is 52.6 Å². The van der Waals surface area contributed by atoms with Gasteiger partial charge in [-0.2, -0.15) is 0 Å². The average Bonchev–Trinajstić information content (AvgIpc) is 2.75. The lowest BCUT2D eigenvalue weighted by molar-refractivity contribution is -0.159. The van der Waals surface area contributed by atoms with Gasteiger partial charge in [0.15, 0.2) is 0 Å². The standard InChI is InChI=1S/C12H11BrO4/c13-10(8-4-2-1-3-5-8)12(15)17-9-6-7-16-11(9)14/h1-5,9-10H,6-7H2/t9-,10?/m0/s1. The first-order valence-electron chi connectivity index (χ1n) is 5.24. The van der Waals surface area contributed by atoms with E-state index in [-0.39, 0.29) is 0 Å². The third-order valence-corrected chi connectivity index (χ3v) is 3.35. The van der Waals surface area contributed by atoms with Crippen molar-refractivity contribution in [3.8, 4) is 0 Å². The minimum absolute atomic E-state index is 0.315. The maximum atomic E-state index is 11.8. The first-order chi connectivity index (χ1) is 8.18. The van der Waals surface area contributed by atoms with E-state index >= 15 is 0 Å². The number of esters is 2. The monoisotopic (exact) mass is 298 g/mol. The molecule has 1 fully saturated rings. The van der Waals surface area contributed by atoms with Crippen LogP contribution in [0.2, 0.25) is 0 Å². The van der Waals surface area contributed by atoms with Gasteiger partial charge < -0.3 is 9.47 Å². The van der Waals surface area contributed by atoms with E-state index in [1.807, 2.05) is 30.3 Å². The summed E-state index contributed by atoms with van der Waals surface area (Å²) in [5, 5.41) is 0. The Kier molecular flexibility index (Phi) is 3.78. The summed E-state index contributed by atoms with van der Waals surface area (Å²) >= 11 is 3.25. The number of cyclic esters (lactones) is 1. The first kappa shape index (κ1) is 12.1. The highest BCUT2D eigenvalue weighted by Crippen LogP contribution is 2.25. The van der Waals surface area contributed by atoms with Gasteiger partial charge in [-0.15, -0.1) is 0 Å². The molecule has 0 radical (unpaired) electrons. The van der Waals surface area contributed by atoms with Crippen molar-refractivity contribution in [3.63, 3.8) is 0 Å². The lowest BCUT2D eigenvalue weighted by atomic mass is 10.1. The van der Waals surface area contributed by atoms with Crippen molar-refractivity contribution in [1.82, 2.24) is 0 Å². The van der Waals surface area contributed by atoms with Crippen molar-refractivity contribution in [2.75, 3.05) is 6.61 Å². The van der Waals surface area contributed by atoms with Crippen molar-refractivity contribution < 1.29 is 19.1 Å². The molecule has 1 aliphatic rings. The Morgan fingerprint density at radius 3 is 2.71 bits per heavy atom. The van der Waals surface area contributed by atoms with Crippen LogP contribution in [0.15, 0.2) is 30.3 Å². The second kappa shape index (κ2) is 5.31. The largest absolute Gasteiger partial charge is 0.463 e. The Bertz CT molecular complexity index is 418. The van der Waals surface area contributed by atoms with Gasteiger partial charge in [0.2, 0.25) is 6.10 Å². The lowest BCUT2D eigenvalue weighted by Crippen LogP contribution is -2.24. The number of hydrogen-bond donors (Lipinski definition) is 0. The van der Waals surface area contributed by atoms with Crippen LogP contribution in [0.5, 0.6) is 0 Å². The van der Waals surface area contributed by atoms with Crippen molar-refractivity contribution in [1.29, 1.82) is 0 Å². The quantitative estimate of drug-likeness (QED) is 0.632. The predicted molar refractivity (Wildman–Crippen MR) is 63.6 cm³/mol. The summed E-state index contributed by atoms with van der Waals surface area (Å²) in [6.07, 6.45) is -0.328. The fourth-order valence-corrected chi connectivity index (χ4v) is 1.96. The summed E-state index contributed by atoms with van der Waals surface area (Å²) in [5.74, 6) is -0.939. The molecular formula is C12H11BrO4. The summed E-state index contributed by atoms with van der Waals surface area (Å²) in [5.41, 5.74) is 0.795. The molecule has 1 unspecified atom stereocenters. The molecule has 0 N–H and O–H groups in total. The summed E-state index contributed by atoms with van der Waals surface area (Å²) in [7, 11) is 0. The van der Waals surface area contributed by atoms with Gasteiger partial charge >= 0.3 is 11.9 Å². The SMILES string of the molecule is O=C(O[C@H]1CCOC1=O)C(Br)c1ccccc1. The number of carbonyl (C=O) groups is 2. The Morgan fingerprint density at radius 2 is 2.12 bits per heavy atom. The van der Waals surface area contributed by atoms with Crippen molar-refractivity contribution in [2.45, 2.75) is 17.4 Å². The van der Waals surface area contributed by atoms with E-state index in [1.54, 1.807) is 0 Å². The molecule has 5 heteroatoms. The van der Waals surface area contributed by atoms with Crippen molar-refractivity contribution in [3.05, 3.63) is 35.9 Å². The summed E-state index contributed by atoms with van der Waals surface area (Å²) in [4.78, 5) is 22.4. The Balaban J connectivity index is 1.98. The van der Waals surface area contributed by atoms with Gasteiger partial charge in [-0.3, -0.25) is 4.79 Å². The third kappa shape index (κ3) is 2.85. The molecule has 1 aromatic rings. The highest BCUT2D eigenvalue weighted by Gasteiger charge is 2.32. The molecule has 2 rings (SSSR count). The molecule has 1 aromatic carbocycles. The second-order valence-corrected chi connectivity index (χ2v) is 4.57. The van der Waals surface area contributed by atoms with Crippen molar-refractivity contribution >= 4 is 27.9 Å². The molecule has 0 bridgehead atoms. The smallest absolute Gasteiger partial charge is 0.347 e. The maximum Gasteiger partial charge on any atom is 0.347 e. The normalized spacial score (nSPS) is 20.8. The first-order valence-corrected chi connectivity index (χ1v) is 6.16. The van der Waals surface area contributed by atoms with Crippen molar-refractivity contribution in [2.24, 2.45) is 0 Å². The summed E-state index contributed by atoms with van der Waals surface area (Å²) in [6, 6.07) is 9.16. The highest BCUT2D eigenvalue weighted by molar-refractivity contribution is 9.09. The van der Waals surface area contributed by atoms with E-state index in [0.717, 1.165) is 5.56 Å². The van der Waals surface area contributed by atoms with Gasteiger partial charge in [0, 0.05) is 6.42 Å². The fraction of sp³-hybridized carbons (Fsp3) is 0.333. The molecule has 0 spiro atoms. The van der Waals surface area contributed by atoms with Crippen LogP contribution in [0, 0.1) is 0 Å². The number of alkyl halides is 1. The molecule has 0 saturated carbocycles. The second-order valence-electron chi connectivity index (χ2n) is 3.65. The van der Waals surface area contributed by atoms with E-state index in [2.05, 4.69) is 15.9 Å². The van der Waals surface area contributed by atoms with Crippen LogP contribution in [0.4, 0.5) is 0 Å². The zero-order valence-corrected chi connectivity index (χ0v) is 10.6. The Hall–Kier alpha value is -1.36. The van der Waals surface area contributed by atoms with Gasteiger partial charge in [-0.05, 0) is 5.56 Å². The minimum Gasteiger partial charge on any atom is -0.463 e. The van der Waals surface area contributed by atoms with Crippen LogP contribution in [-0.2, 0) is 19.1 Å². The molecule has 4 nitrogen and oxygen atoms in total. The van der Waals surface area contributed by atoms with Crippen LogP contribution in [-0.4, -0.2) is 24.6 Å². The van der Waals surface area contributed by atoms with Gasteiger partial charge in [0.25, 0.3) is 0 Å². The fourth-order valence-electron chi connectivity index (χ4n) is 1.54. The van der Waals surface area contributed by atoms with Crippen LogP contribution >= 0.6 is 15.9 Å². The number of halogens is 1. The molecular weight excluding hydrogens is 288 g/mol. The number of rotatable bonds is 3. The number of carbonyl (C=O) groups excluding carboxylic acids is 2. The summed E-state index contributed by atoms with van der Waals surface area (Å²) < 4.78 is 9.80. The van der Waals surface area contributed by atoms with E-state index in [0.29, 0.717) is 13.0 Å². The van der Waals surface area contributed by atoms with Gasteiger partial charge in [-0.1, -0.05) is 46.3 Å². The van der Waals surface area contributed by atoms with Crippen LogP contribution < -0.4 is 0 Å². The molecule has 17 heavy (non-hydrogen) atoms. The molecule has 2 atom stereocenters. The Labute approximate surface area is 107 Å². The molecule has 0 aliphatic carbocycles. The van der Waals surface area contributed by atoms with Crippen LogP contribution in [0.25, 0.3) is 0 Å². The molecule has 0 amide bonds. The highest BCUT2D eigenvalue weighted by atomic mass is 79.9. The number of benzene rings is 1. The molecule has 90 valence electrons. The molecule has 0 aromatic heterocycles. The Morgan fingerprint density at radius 1 is 1.41 bits per heavy atom. The molecule has 1 heterocycles. The average molecular weight is 299 g/mol. The lowest BCUT2D eigenvalue weighted by Gasteiger charge is -2.12. The van der Waals surface area contributed by atoms with Crippen LogP contribution in [0.1, 0.15) is 16.8 Å². The maximum absolute atomic E-state index is 11.8. The van der Waals surface area contributed by atoms with E-state index in [9.17, 15) is 9.59 Å². The predicted octanol–water partition coefficient (Wildman–Crippen LogP) is 1.98. The minimum atomic E-state index is -0.758. The number of hydrogen-bond acceptors (Lipinski definition) is 4. The molecule has 1 aliphatic heterocycles. The molecule has 1 saturated heterocycles. The van der Waals surface area contributed by atoms with Crippen LogP contribution in [0.3, 0.4) is 0 Å². The third-order valence-electron chi connectivity index (χ3n) is 2.44. The van der Waals surface area contributed by atoms with Gasteiger partial charge in [0.1, 0.15) is 4.83 Å². The number of ether oxygens (including phenoxy) is 2. The van der Waals surface area contributed by atoms with E-state index < -0.39 is 22.9 Å². The van der Waals surface area contributed by atoms with E-state index in [4.69, 9.17) is 9.47 Å². The van der Waals surface area contributed by atoms with E-state index in [1.165, 1.54) is 0 Å².